The molecule has 170 valence electrons. The third kappa shape index (κ3) is 4.26. The molecule has 3 unspecified atom stereocenters. The molecule has 9 heteroatoms. The summed E-state index contributed by atoms with van der Waals surface area (Å²) in [6.07, 6.45) is 4.77. The Morgan fingerprint density at radius 2 is 1.75 bits per heavy atom. The van der Waals surface area contributed by atoms with Gasteiger partial charge in [0.2, 0.25) is 6.04 Å². The molecule has 1 fully saturated rings. The topological polar surface area (TPSA) is 124 Å². The van der Waals surface area contributed by atoms with Crippen molar-refractivity contribution >= 4 is 28.1 Å². The Balaban J connectivity index is 2.15. The molecule has 2 aromatic rings. The van der Waals surface area contributed by atoms with Gasteiger partial charge in [0.25, 0.3) is 0 Å². The zero-order valence-corrected chi connectivity index (χ0v) is 18.6. The Bertz CT molecular complexity index is 1100. The zero-order chi connectivity index (χ0) is 23.4. The summed E-state index contributed by atoms with van der Waals surface area (Å²) in [7, 11) is -3.04. The fourth-order valence-electron chi connectivity index (χ4n) is 4.27. The number of methoxy groups -OCH3 is 1. The van der Waals surface area contributed by atoms with Crippen molar-refractivity contribution in [2.45, 2.75) is 30.2 Å². The van der Waals surface area contributed by atoms with E-state index in [2.05, 4.69) is 0 Å². The number of benzene rings is 2. The fourth-order valence-corrected chi connectivity index (χ4v) is 6.27. The molecule has 2 amide bonds. The highest BCUT2D eigenvalue weighted by atomic mass is 32.2. The summed E-state index contributed by atoms with van der Waals surface area (Å²) in [5.74, 6) is -1.66. The first-order chi connectivity index (χ1) is 15.2. The number of nitrogens with zero attached hydrogens (tertiary/aromatic N) is 1. The number of carboxylic acid groups (broad SMARTS) is 1. The molecule has 1 aliphatic heterocycles. The van der Waals surface area contributed by atoms with Crippen molar-refractivity contribution in [3.05, 3.63) is 66.2 Å². The predicted molar refractivity (Wildman–Crippen MR) is 119 cm³/mol. The van der Waals surface area contributed by atoms with Crippen LogP contribution in [-0.4, -0.2) is 49.1 Å². The van der Waals surface area contributed by atoms with E-state index in [1.165, 1.54) is 31.4 Å². The Labute approximate surface area is 187 Å². The summed E-state index contributed by atoms with van der Waals surface area (Å²) in [6, 6.07) is 12.0. The quantitative estimate of drug-likeness (QED) is 0.639. The number of hydrogen-bond acceptors (Lipinski definition) is 5. The van der Waals surface area contributed by atoms with E-state index >= 15 is 0 Å². The van der Waals surface area contributed by atoms with Gasteiger partial charge in [0, 0.05) is 5.92 Å². The highest BCUT2D eigenvalue weighted by Crippen LogP contribution is 2.38. The summed E-state index contributed by atoms with van der Waals surface area (Å²) in [5, 5.41) is 10.2. The highest BCUT2D eigenvalue weighted by molar-refractivity contribution is 7.86. The summed E-state index contributed by atoms with van der Waals surface area (Å²) >= 11 is 0. The average Bonchev–Trinajstić information content (AvgIpc) is 2.99. The van der Waals surface area contributed by atoms with E-state index in [-0.39, 0.29) is 11.4 Å². The lowest BCUT2D eigenvalue weighted by atomic mass is 9.93. The second-order valence-corrected chi connectivity index (χ2v) is 9.79. The first-order valence-corrected chi connectivity index (χ1v) is 11.7. The summed E-state index contributed by atoms with van der Waals surface area (Å²) in [5.41, 5.74) is 6.53. The zero-order valence-electron chi connectivity index (χ0n) is 17.8. The van der Waals surface area contributed by atoms with Crippen molar-refractivity contribution in [2.24, 2.45) is 11.7 Å². The monoisotopic (exact) mass is 459 g/mol. The number of rotatable bonds is 6. The van der Waals surface area contributed by atoms with Gasteiger partial charge in [0.1, 0.15) is 17.2 Å². The van der Waals surface area contributed by atoms with Crippen LogP contribution >= 0.6 is 0 Å². The highest BCUT2D eigenvalue weighted by Gasteiger charge is 2.60. The molecule has 1 aliphatic rings. The minimum Gasteiger partial charge on any atom is -0.497 e. The molecule has 0 aliphatic carbocycles. The lowest BCUT2D eigenvalue weighted by Gasteiger charge is -2.37. The van der Waals surface area contributed by atoms with Crippen LogP contribution in [0.5, 0.6) is 5.75 Å². The van der Waals surface area contributed by atoms with E-state index in [9.17, 15) is 23.1 Å². The molecular formula is C23H27N2O6S+. The standard InChI is InChI=1S/C23H26N2O6S/c1-31-19-12-14-20(15-13-19)32(29,30)25(23(24)28)16-6-5-9-18(21(25)22(26)27)11-10-17-7-3-2-4-8-17/h2-4,7-8,10-15,18,21H,5-6,9,16H2,1H3,(H2-,24,26,27,28)/p+1. The number of aliphatic carboxylic acids is 1. The van der Waals surface area contributed by atoms with Crippen molar-refractivity contribution in [3.8, 4) is 5.75 Å². The van der Waals surface area contributed by atoms with Crippen LogP contribution in [0, 0.1) is 5.92 Å². The summed E-state index contributed by atoms with van der Waals surface area (Å²) < 4.78 is 31.3. The smallest absolute Gasteiger partial charge is 0.430 e. The van der Waals surface area contributed by atoms with Crippen molar-refractivity contribution in [1.29, 1.82) is 0 Å². The maximum Gasteiger partial charge on any atom is 0.430 e. The van der Waals surface area contributed by atoms with Gasteiger partial charge in [-0.2, -0.15) is 8.42 Å². The van der Waals surface area contributed by atoms with Gasteiger partial charge in [-0.3, -0.25) is 0 Å². The van der Waals surface area contributed by atoms with Crippen molar-refractivity contribution < 1.29 is 31.7 Å². The van der Waals surface area contributed by atoms with Gasteiger partial charge in [0.05, 0.1) is 7.11 Å². The van der Waals surface area contributed by atoms with Gasteiger partial charge in [-0.25, -0.2) is 9.59 Å². The molecule has 0 spiro atoms. The van der Waals surface area contributed by atoms with Crippen LogP contribution in [0.25, 0.3) is 6.08 Å². The molecule has 8 nitrogen and oxygen atoms in total. The number of quaternary nitrogens is 1. The van der Waals surface area contributed by atoms with E-state index in [0.717, 1.165) is 5.56 Å². The number of amides is 2. The molecule has 3 rings (SSSR count). The van der Waals surface area contributed by atoms with E-state index < -0.39 is 37.9 Å². The summed E-state index contributed by atoms with van der Waals surface area (Å²) in [6.45, 7) is -0.212. The van der Waals surface area contributed by atoms with Crippen LogP contribution in [0.3, 0.4) is 0 Å². The van der Waals surface area contributed by atoms with E-state index in [0.29, 0.717) is 25.0 Å². The Kier molecular flexibility index (Phi) is 7.00. The molecule has 0 bridgehead atoms. The van der Waals surface area contributed by atoms with Crippen molar-refractivity contribution in [3.63, 3.8) is 0 Å². The minimum absolute atomic E-state index is 0.184. The van der Waals surface area contributed by atoms with Crippen LogP contribution in [0.15, 0.2) is 65.6 Å². The van der Waals surface area contributed by atoms with Crippen LogP contribution in [-0.2, 0) is 14.8 Å². The van der Waals surface area contributed by atoms with Gasteiger partial charge in [-0.15, -0.1) is 3.89 Å². The largest absolute Gasteiger partial charge is 0.497 e. The molecule has 0 saturated carbocycles. The molecule has 0 aromatic heterocycles. The van der Waals surface area contributed by atoms with Gasteiger partial charge in [-0.1, -0.05) is 42.5 Å². The summed E-state index contributed by atoms with van der Waals surface area (Å²) in [4.78, 5) is 25.1. The maximum absolute atomic E-state index is 13.8. The van der Waals surface area contributed by atoms with E-state index in [1.54, 1.807) is 12.2 Å². The molecule has 2 aromatic carbocycles. The van der Waals surface area contributed by atoms with Crippen molar-refractivity contribution in [2.75, 3.05) is 13.7 Å². The van der Waals surface area contributed by atoms with Gasteiger partial charge in [-0.05, 0) is 49.1 Å². The maximum atomic E-state index is 13.8. The Hall–Kier alpha value is -3.17. The van der Waals surface area contributed by atoms with Gasteiger partial charge in [0.15, 0.2) is 0 Å². The second kappa shape index (κ2) is 9.54. The number of nitrogens with two attached hydrogens (primary N) is 1. The number of sulfonamides is 1. The second-order valence-electron chi connectivity index (χ2n) is 7.72. The Morgan fingerprint density at radius 3 is 2.31 bits per heavy atom. The average molecular weight is 460 g/mol. The minimum atomic E-state index is -4.49. The first-order valence-electron chi connectivity index (χ1n) is 10.3. The number of ether oxygens (including phenoxy) is 1. The lowest BCUT2D eigenvalue weighted by molar-refractivity contribution is -0.743. The molecule has 32 heavy (non-hydrogen) atoms. The molecular weight excluding hydrogens is 432 g/mol. The predicted octanol–water partition coefficient (Wildman–Crippen LogP) is 3.25. The molecule has 0 radical (unpaired) electrons. The molecule has 1 heterocycles. The lowest BCUT2D eigenvalue weighted by Crippen LogP contribution is -2.68. The van der Waals surface area contributed by atoms with E-state index in [4.69, 9.17) is 10.5 Å². The number of carbonyl (C=O) groups excluding carboxylic acids is 1. The molecule has 1 saturated heterocycles. The normalized spacial score (nSPS) is 24.0. The Morgan fingerprint density at radius 1 is 1.09 bits per heavy atom. The fraction of sp³-hybridized carbons (Fsp3) is 0.304. The molecule has 3 atom stereocenters. The number of primary amides is 1. The van der Waals surface area contributed by atoms with Crippen LogP contribution in [0.2, 0.25) is 0 Å². The number of likely N-dealkylation sites (tertiary alicyclic amines) is 1. The van der Waals surface area contributed by atoms with Crippen LogP contribution < -0.4 is 10.5 Å². The SMILES string of the molecule is COc1ccc(S(=O)(=O)[N+]2(C(N)=O)CCCCC(C=Cc3ccccc3)C2C(=O)O)cc1. The van der Waals surface area contributed by atoms with Gasteiger partial charge >= 0.3 is 22.0 Å². The third-order valence-corrected chi connectivity index (χ3v) is 8.20. The van der Waals surface area contributed by atoms with E-state index in [1.807, 2.05) is 30.3 Å². The number of urea groups is 1. The number of hydrogen-bond donors (Lipinski definition) is 2. The third-order valence-electron chi connectivity index (χ3n) is 5.88. The van der Waals surface area contributed by atoms with Crippen LogP contribution in [0.1, 0.15) is 24.8 Å². The number of carbonyl (C=O) groups is 2. The molecule has 3 N–H and O–H groups in total. The first kappa shape index (κ1) is 23.5. The van der Waals surface area contributed by atoms with Gasteiger partial charge < -0.3 is 15.6 Å². The number of carboxylic acids is 1. The van der Waals surface area contributed by atoms with Crippen LogP contribution in [0.4, 0.5) is 4.79 Å². The van der Waals surface area contributed by atoms with Crippen molar-refractivity contribution in [1.82, 2.24) is 0 Å².